The number of amides is 2. The van der Waals surface area contributed by atoms with E-state index in [1.54, 1.807) is 48.5 Å². The van der Waals surface area contributed by atoms with Crippen LogP contribution >= 0.6 is 23.4 Å². The summed E-state index contributed by atoms with van der Waals surface area (Å²) in [6.07, 6.45) is 1.49. The summed E-state index contributed by atoms with van der Waals surface area (Å²) in [5.41, 5.74) is 0.451. The van der Waals surface area contributed by atoms with Crippen LogP contribution in [0.5, 0.6) is 17.2 Å². The number of nitrogens with zero attached hydrogens (tertiary/aromatic N) is 1. The van der Waals surface area contributed by atoms with Crippen molar-refractivity contribution in [3.8, 4) is 17.2 Å². The number of carbonyl (C=O) groups is 2. The van der Waals surface area contributed by atoms with Gasteiger partial charge in [-0.25, -0.2) is 0 Å². The van der Waals surface area contributed by atoms with Gasteiger partial charge in [0.15, 0.2) is 11.5 Å². The molecule has 11 heteroatoms. The lowest BCUT2D eigenvalue weighted by Crippen LogP contribution is -2.32. The number of thioether (sulfide) groups is 1. The fourth-order valence-electron chi connectivity index (χ4n) is 3.25. The molecule has 8 nitrogen and oxygen atoms in total. The van der Waals surface area contributed by atoms with Crippen LogP contribution in [0, 0.1) is 0 Å². The van der Waals surface area contributed by atoms with Gasteiger partial charge < -0.3 is 13.7 Å². The Morgan fingerprint density at radius 1 is 0.944 bits per heavy atom. The van der Waals surface area contributed by atoms with Gasteiger partial charge in [-0.05, 0) is 59.8 Å². The zero-order chi connectivity index (χ0) is 25.7. The predicted octanol–water partition coefficient (Wildman–Crippen LogP) is 5.23. The molecule has 1 fully saturated rings. The van der Waals surface area contributed by atoms with Gasteiger partial charge in [-0.15, -0.1) is 0 Å². The normalized spacial score (nSPS) is 14.8. The van der Waals surface area contributed by atoms with Crippen molar-refractivity contribution in [2.24, 2.45) is 0 Å². The number of methoxy groups -OCH3 is 1. The monoisotopic (exact) mass is 545 g/mol. The van der Waals surface area contributed by atoms with Crippen LogP contribution in [0.2, 0.25) is 5.02 Å². The summed E-state index contributed by atoms with van der Waals surface area (Å²) in [7, 11) is -2.73. The number of hydrogen-bond donors (Lipinski definition) is 0. The number of rotatable bonds is 9. The van der Waals surface area contributed by atoms with Crippen LogP contribution in [-0.2, 0) is 14.9 Å². The molecule has 1 heterocycles. The van der Waals surface area contributed by atoms with Crippen LogP contribution in [0.15, 0.2) is 82.6 Å². The van der Waals surface area contributed by atoms with Crippen LogP contribution in [0.1, 0.15) is 5.56 Å². The van der Waals surface area contributed by atoms with Gasteiger partial charge in [0.2, 0.25) is 0 Å². The van der Waals surface area contributed by atoms with Gasteiger partial charge in [-0.3, -0.25) is 14.5 Å². The first-order chi connectivity index (χ1) is 17.3. The molecule has 1 aliphatic heterocycles. The number of ether oxygens (including phenoxy) is 2. The lowest BCUT2D eigenvalue weighted by molar-refractivity contribution is -0.123. The molecule has 0 aromatic heterocycles. The number of para-hydroxylation sites is 1. The topological polar surface area (TPSA) is 99.2 Å². The Balaban J connectivity index is 1.49. The molecule has 2 amide bonds. The summed E-state index contributed by atoms with van der Waals surface area (Å²) < 4.78 is 41.4. The van der Waals surface area contributed by atoms with Gasteiger partial charge in [0, 0.05) is 0 Å². The van der Waals surface area contributed by atoms with E-state index in [-0.39, 0.29) is 34.5 Å². The fraction of sp³-hybridized carbons (Fsp3) is 0.120. The highest BCUT2D eigenvalue weighted by Gasteiger charge is 2.35. The SMILES string of the molecule is COc1ccc(/C=C2\SC(=O)N(CCOc3ccccc3Cl)C2=O)cc1OS(=O)(=O)c1ccccc1. The summed E-state index contributed by atoms with van der Waals surface area (Å²) in [6, 6.07) is 19.1. The zero-order valence-corrected chi connectivity index (χ0v) is 21.3. The van der Waals surface area contributed by atoms with E-state index in [1.807, 2.05) is 0 Å². The first-order valence-electron chi connectivity index (χ1n) is 10.6. The maximum absolute atomic E-state index is 12.8. The van der Waals surface area contributed by atoms with Crippen LogP contribution in [0.3, 0.4) is 0 Å². The Morgan fingerprint density at radius 3 is 2.39 bits per heavy atom. The third-order valence-corrected chi connectivity index (χ3v) is 7.47. The van der Waals surface area contributed by atoms with Crippen LogP contribution in [0.25, 0.3) is 6.08 Å². The van der Waals surface area contributed by atoms with Crippen molar-refractivity contribution in [3.05, 3.63) is 88.3 Å². The Hall–Kier alpha value is -3.47. The van der Waals surface area contributed by atoms with Crippen LogP contribution in [-0.4, -0.2) is 44.7 Å². The molecule has 1 saturated heterocycles. The highest BCUT2D eigenvalue weighted by atomic mass is 35.5. The van der Waals surface area contributed by atoms with Gasteiger partial charge in [0.1, 0.15) is 17.3 Å². The van der Waals surface area contributed by atoms with E-state index in [0.29, 0.717) is 16.3 Å². The summed E-state index contributed by atoms with van der Waals surface area (Å²) in [4.78, 5) is 26.5. The fourth-order valence-corrected chi connectivity index (χ4v) is 5.26. The molecule has 3 aromatic rings. The molecular weight excluding hydrogens is 526 g/mol. The zero-order valence-electron chi connectivity index (χ0n) is 18.9. The standard InChI is InChI=1S/C25H20ClNO7S2/c1-32-21-12-11-17(15-22(21)34-36(30,31)18-7-3-2-4-8-18)16-23-24(28)27(25(29)35-23)13-14-33-20-10-6-5-9-19(20)26/h2-12,15-16H,13-14H2,1H3/b23-16-. The minimum atomic E-state index is -4.11. The maximum atomic E-state index is 12.8. The van der Waals surface area contributed by atoms with E-state index in [4.69, 9.17) is 25.3 Å². The van der Waals surface area contributed by atoms with E-state index < -0.39 is 21.3 Å². The van der Waals surface area contributed by atoms with Crippen molar-refractivity contribution in [2.45, 2.75) is 4.90 Å². The van der Waals surface area contributed by atoms with Crippen molar-refractivity contribution in [2.75, 3.05) is 20.3 Å². The van der Waals surface area contributed by atoms with Crippen molar-refractivity contribution in [1.29, 1.82) is 0 Å². The van der Waals surface area contributed by atoms with Crippen molar-refractivity contribution in [3.63, 3.8) is 0 Å². The molecule has 0 saturated carbocycles. The smallest absolute Gasteiger partial charge is 0.339 e. The Kier molecular flexibility index (Phi) is 7.88. The molecule has 3 aromatic carbocycles. The van der Waals surface area contributed by atoms with Crippen molar-refractivity contribution < 1.29 is 31.7 Å². The quantitative estimate of drug-likeness (QED) is 0.266. The minimum Gasteiger partial charge on any atom is -0.493 e. The summed E-state index contributed by atoms with van der Waals surface area (Å²) >= 11 is 6.84. The van der Waals surface area contributed by atoms with E-state index >= 15 is 0 Å². The Morgan fingerprint density at radius 2 is 1.67 bits per heavy atom. The molecule has 0 spiro atoms. The summed E-state index contributed by atoms with van der Waals surface area (Å²) in [5, 5.41) is -0.0102. The van der Waals surface area contributed by atoms with Gasteiger partial charge in [-0.2, -0.15) is 8.42 Å². The summed E-state index contributed by atoms with van der Waals surface area (Å²) in [5.74, 6) is 0.111. The van der Waals surface area contributed by atoms with Crippen molar-refractivity contribution >= 4 is 50.7 Å². The first-order valence-corrected chi connectivity index (χ1v) is 13.2. The molecule has 0 unspecified atom stereocenters. The summed E-state index contributed by atoms with van der Waals surface area (Å²) in [6.45, 7) is 0.118. The Labute approximate surface area is 217 Å². The molecule has 186 valence electrons. The second-order valence-electron chi connectivity index (χ2n) is 7.37. The van der Waals surface area contributed by atoms with Gasteiger partial charge in [0.25, 0.3) is 11.1 Å². The predicted molar refractivity (Wildman–Crippen MR) is 137 cm³/mol. The maximum Gasteiger partial charge on any atom is 0.339 e. The molecule has 1 aliphatic rings. The van der Waals surface area contributed by atoms with Gasteiger partial charge >= 0.3 is 10.1 Å². The molecule has 0 aliphatic carbocycles. The molecule has 36 heavy (non-hydrogen) atoms. The number of benzene rings is 3. The highest BCUT2D eigenvalue weighted by molar-refractivity contribution is 8.18. The molecule has 4 rings (SSSR count). The highest BCUT2D eigenvalue weighted by Crippen LogP contribution is 2.35. The molecule has 0 atom stereocenters. The number of imide groups is 1. The minimum absolute atomic E-state index is 0.0161. The Bertz CT molecular complexity index is 1430. The van der Waals surface area contributed by atoms with E-state index in [9.17, 15) is 18.0 Å². The number of hydrogen-bond acceptors (Lipinski definition) is 8. The lowest BCUT2D eigenvalue weighted by Gasteiger charge is -2.14. The average Bonchev–Trinajstić information content (AvgIpc) is 3.13. The molecule has 0 bridgehead atoms. The third kappa shape index (κ3) is 5.84. The number of halogens is 1. The molecule has 0 N–H and O–H groups in total. The van der Waals surface area contributed by atoms with Crippen molar-refractivity contribution in [1.82, 2.24) is 4.90 Å². The van der Waals surface area contributed by atoms with Crippen LogP contribution in [0.4, 0.5) is 4.79 Å². The third-order valence-electron chi connectivity index (χ3n) is 5.00. The largest absolute Gasteiger partial charge is 0.493 e. The second-order valence-corrected chi connectivity index (χ2v) is 10.3. The van der Waals surface area contributed by atoms with E-state index in [1.165, 1.54) is 37.5 Å². The number of carbonyl (C=O) groups excluding carboxylic acids is 2. The molecular formula is C25H20ClNO7S2. The van der Waals surface area contributed by atoms with E-state index in [2.05, 4.69) is 0 Å². The first kappa shape index (κ1) is 25.6. The van der Waals surface area contributed by atoms with Gasteiger partial charge in [-0.1, -0.05) is 48.0 Å². The van der Waals surface area contributed by atoms with Gasteiger partial charge in [0.05, 0.1) is 23.6 Å². The lowest BCUT2D eigenvalue weighted by atomic mass is 10.2. The second kappa shape index (κ2) is 11.1. The molecule has 0 radical (unpaired) electrons. The van der Waals surface area contributed by atoms with E-state index in [0.717, 1.165) is 16.7 Å². The average molecular weight is 546 g/mol. The van der Waals surface area contributed by atoms with Crippen LogP contribution < -0.4 is 13.7 Å².